The van der Waals surface area contributed by atoms with Gasteiger partial charge in [0.15, 0.2) is 0 Å². The summed E-state index contributed by atoms with van der Waals surface area (Å²) in [5.41, 5.74) is 0.332. The van der Waals surface area contributed by atoms with Gasteiger partial charge in [0.2, 0.25) is 15.9 Å². The molecule has 1 heterocycles. The summed E-state index contributed by atoms with van der Waals surface area (Å²) in [4.78, 5) is 14.5. The highest BCUT2D eigenvalue weighted by molar-refractivity contribution is 7.92. The first kappa shape index (κ1) is 23.3. The van der Waals surface area contributed by atoms with Crippen LogP contribution in [0.3, 0.4) is 0 Å². The Morgan fingerprint density at radius 1 is 1.18 bits per heavy atom. The van der Waals surface area contributed by atoms with Gasteiger partial charge in [-0.1, -0.05) is 29.6 Å². The molecule has 0 radical (unpaired) electrons. The number of hydrogen-bond acceptors (Lipinski definition) is 4. The summed E-state index contributed by atoms with van der Waals surface area (Å²) in [6.07, 6.45) is 6.55. The zero-order valence-electron chi connectivity index (χ0n) is 16.3. The molecule has 9 heteroatoms. The van der Waals surface area contributed by atoms with E-state index in [0.717, 1.165) is 32.3 Å². The average molecular weight is 450 g/mol. The summed E-state index contributed by atoms with van der Waals surface area (Å²) < 4.78 is 25.5. The Hall–Kier alpha value is -1.02. The lowest BCUT2D eigenvalue weighted by molar-refractivity contribution is -0.121. The van der Waals surface area contributed by atoms with Gasteiger partial charge in [-0.2, -0.15) is 0 Å². The van der Waals surface area contributed by atoms with Crippen LogP contribution >= 0.6 is 23.2 Å². The van der Waals surface area contributed by atoms with Crippen LogP contribution in [0.2, 0.25) is 10.0 Å². The molecule has 1 amide bonds. The van der Waals surface area contributed by atoms with Gasteiger partial charge < -0.3 is 10.2 Å². The number of benzene rings is 1. The van der Waals surface area contributed by atoms with Crippen LogP contribution in [0.4, 0.5) is 5.69 Å². The molecule has 1 aromatic carbocycles. The van der Waals surface area contributed by atoms with E-state index in [9.17, 15) is 13.2 Å². The van der Waals surface area contributed by atoms with Crippen LogP contribution in [0, 0.1) is 0 Å². The molecule has 0 saturated carbocycles. The highest BCUT2D eigenvalue weighted by Gasteiger charge is 2.20. The largest absolute Gasteiger partial charge is 0.356 e. The number of piperidine rings is 1. The predicted octanol–water partition coefficient (Wildman–Crippen LogP) is 3.53. The van der Waals surface area contributed by atoms with Gasteiger partial charge >= 0.3 is 0 Å². The van der Waals surface area contributed by atoms with E-state index in [1.54, 1.807) is 12.1 Å². The van der Waals surface area contributed by atoms with E-state index in [2.05, 4.69) is 10.2 Å². The van der Waals surface area contributed by atoms with Gasteiger partial charge in [0, 0.05) is 24.5 Å². The Labute approximate surface area is 178 Å². The number of halogens is 2. The summed E-state index contributed by atoms with van der Waals surface area (Å²) >= 11 is 12.1. The topological polar surface area (TPSA) is 69.7 Å². The molecule has 28 heavy (non-hydrogen) atoms. The molecule has 0 aliphatic carbocycles. The van der Waals surface area contributed by atoms with Gasteiger partial charge in [-0.05, 0) is 63.5 Å². The molecule has 1 fully saturated rings. The Balaban J connectivity index is 1.75. The first-order chi connectivity index (χ1) is 13.3. The summed E-state index contributed by atoms with van der Waals surface area (Å²) in [5.74, 6) is -0.0655. The maximum atomic E-state index is 12.2. The molecule has 1 aromatic rings. The van der Waals surface area contributed by atoms with Crippen molar-refractivity contribution in [3.05, 3.63) is 28.2 Å². The fourth-order valence-electron chi connectivity index (χ4n) is 3.33. The lowest BCUT2D eigenvalue weighted by Crippen LogP contribution is -2.34. The molecule has 1 N–H and O–H groups in total. The van der Waals surface area contributed by atoms with Crippen molar-refractivity contribution in [1.29, 1.82) is 0 Å². The van der Waals surface area contributed by atoms with Crippen molar-refractivity contribution < 1.29 is 13.2 Å². The number of rotatable bonds is 10. The molecule has 158 valence electrons. The van der Waals surface area contributed by atoms with E-state index in [1.165, 1.54) is 29.6 Å². The third kappa shape index (κ3) is 7.78. The molecule has 6 nitrogen and oxygen atoms in total. The molecule has 1 saturated heterocycles. The average Bonchev–Trinajstić information content (AvgIpc) is 2.64. The summed E-state index contributed by atoms with van der Waals surface area (Å²) in [5, 5.41) is 3.62. The highest BCUT2D eigenvalue weighted by atomic mass is 35.5. The van der Waals surface area contributed by atoms with Crippen molar-refractivity contribution in [3.63, 3.8) is 0 Å². The summed E-state index contributed by atoms with van der Waals surface area (Å²) in [7, 11) is -3.54. The van der Waals surface area contributed by atoms with Gasteiger partial charge in [0.1, 0.15) is 0 Å². The Morgan fingerprint density at radius 3 is 2.57 bits per heavy atom. The van der Waals surface area contributed by atoms with E-state index in [-0.39, 0.29) is 18.9 Å². The molecule has 0 atom stereocenters. The predicted molar refractivity (Wildman–Crippen MR) is 116 cm³/mol. The number of sulfonamides is 1. The van der Waals surface area contributed by atoms with Gasteiger partial charge in [0.25, 0.3) is 0 Å². The Kier molecular flexibility index (Phi) is 9.34. The summed E-state index contributed by atoms with van der Waals surface area (Å²) in [6.45, 7) is 4.13. The molecular formula is C19H29Cl2N3O3S. The molecule has 1 aliphatic rings. The molecule has 0 spiro atoms. The van der Waals surface area contributed by atoms with E-state index in [0.29, 0.717) is 28.7 Å². The van der Waals surface area contributed by atoms with Gasteiger partial charge in [0.05, 0.1) is 17.0 Å². The number of amides is 1. The first-order valence-electron chi connectivity index (χ1n) is 9.69. The van der Waals surface area contributed by atoms with Crippen LogP contribution in [0.15, 0.2) is 18.2 Å². The zero-order chi connectivity index (χ0) is 20.6. The minimum atomic E-state index is -3.54. The lowest BCUT2D eigenvalue weighted by atomic mass is 10.1. The summed E-state index contributed by atoms with van der Waals surface area (Å²) in [6, 6.07) is 4.68. The van der Waals surface area contributed by atoms with E-state index in [4.69, 9.17) is 23.2 Å². The maximum Gasteiger partial charge on any atom is 0.232 e. The van der Waals surface area contributed by atoms with Gasteiger partial charge in [-0.15, -0.1) is 0 Å². The van der Waals surface area contributed by atoms with Crippen molar-refractivity contribution in [2.24, 2.45) is 0 Å². The molecular weight excluding hydrogens is 421 g/mol. The van der Waals surface area contributed by atoms with Crippen LogP contribution < -0.4 is 9.62 Å². The highest BCUT2D eigenvalue weighted by Crippen LogP contribution is 2.30. The zero-order valence-corrected chi connectivity index (χ0v) is 18.6. The molecule has 0 aromatic heterocycles. The van der Waals surface area contributed by atoms with E-state index in [1.807, 2.05) is 0 Å². The molecule has 2 rings (SSSR count). The molecule has 0 unspecified atom stereocenters. The van der Waals surface area contributed by atoms with Crippen molar-refractivity contribution in [3.8, 4) is 0 Å². The van der Waals surface area contributed by atoms with Crippen molar-refractivity contribution in [2.75, 3.05) is 43.3 Å². The number of nitrogens with zero attached hydrogens (tertiary/aromatic N) is 2. The van der Waals surface area contributed by atoms with Crippen molar-refractivity contribution in [2.45, 2.75) is 38.5 Å². The SMILES string of the molecule is CS(=O)(=O)N(CCCC(=O)NCCCN1CCCCC1)c1cc(Cl)ccc1Cl. The number of carbonyl (C=O) groups excluding carboxylic acids is 1. The minimum Gasteiger partial charge on any atom is -0.356 e. The normalized spacial score (nSPS) is 15.4. The fourth-order valence-corrected chi connectivity index (χ4v) is 4.73. The third-order valence-electron chi connectivity index (χ3n) is 4.76. The third-order valence-corrected chi connectivity index (χ3v) is 6.50. The van der Waals surface area contributed by atoms with Crippen LogP contribution in [0.1, 0.15) is 38.5 Å². The molecule has 0 bridgehead atoms. The second-order valence-corrected chi connectivity index (χ2v) is 9.89. The maximum absolute atomic E-state index is 12.2. The second-order valence-electron chi connectivity index (χ2n) is 7.14. The van der Waals surface area contributed by atoms with E-state index < -0.39 is 10.0 Å². The smallest absolute Gasteiger partial charge is 0.232 e. The van der Waals surface area contributed by atoms with Crippen LogP contribution in [-0.2, 0) is 14.8 Å². The second kappa shape index (κ2) is 11.2. The molecule has 1 aliphatic heterocycles. The number of carbonyl (C=O) groups is 1. The van der Waals surface area contributed by atoms with Crippen molar-refractivity contribution >= 4 is 44.8 Å². The minimum absolute atomic E-state index is 0.0655. The Morgan fingerprint density at radius 2 is 1.89 bits per heavy atom. The Bertz CT molecular complexity index is 753. The van der Waals surface area contributed by atoms with Crippen LogP contribution in [-0.4, -0.2) is 58.2 Å². The van der Waals surface area contributed by atoms with E-state index >= 15 is 0 Å². The standard InChI is InChI=1S/C19H29Cl2N3O3S/c1-28(26,27)24(18-15-16(20)8-9-17(18)21)14-5-7-19(25)22-10-6-13-23-11-3-2-4-12-23/h8-9,15H,2-7,10-14H2,1H3,(H,22,25). The number of anilines is 1. The van der Waals surface area contributed by atoms with Crippen LogP contribution in [0.5, 0.6) is 0 Å². The fraction of sp³-hybridized carbons (Fsp3) is 0.632. The number of likely N-dealkylation sites (tertiary alicyclic amines) is 1. The monoisotopic (exact) mass is 449 g/mol. The van der Waals surface area contributed by atoms with Gasteiger partial charge in [-0.3, -0.25) is 9.10 Å². The first-order valence-corrected chi connectivity index (χ1v) is 12.3. The quantitative estimate of drug-likeness (QED) is 0.554. The van der Waals surface area contributed by atoms with Gasteiger partial charge in [-0.25, -0.2) is 8.42 Å². The number of hydrogen-bond donors (Lipinski definition) is 1. The van der Waals surface area contributed by atoms with Crippen LogP contribution in [0.25, 0.3) is 0 Å². The van der Waals surface area contributed by atoms with Crippen molar-refractivity contribution in [1.82, 2.24) is 10.2 Å². The number of nitrogens with one attached hydrogen (secondary N) is 1. The lowest BCUT2D eigenvalue weighted by Gasteiger charge is -2.26.